The zero-order chi connectivity index (χ0) is 52.7. The zero-order valence-electron chi connectivity index (χ0n) is 40.2. The Morgan fingerprint density at radius 2 is 1.08 bits per heavy atom. The molecule has 6 heterocycles. The molecule has 6 atom stereocenters. The molecule has 4 aromatic rings. The number of methoxy groups -OCH3 is 2. The molecule has 2 aromatic heterocycles. The van der Waals surface area contributed by atoms with E-state index < -0.39 is 128 Å². The van der Waals surface area contributed by atoms with Crippen molar-refractivity contribution in [3.8, 4) is 11.5 Å². The molecule has 0 saturated heterocycles. The van der Waals surface area contributed by atoms with Crippen LogP contribution in [0.25, 0.3) is 0 Å². The van der Waals surface area contributed by atoms with E-state index in [2.05, 4.69) is 10.6 Å². The van der Waals surface area contributed by atoms with E-state index in [1.807, 2.05) is 32.9 Å². The normalized spacial score (nSPS) is 22.8. The molecule has 384 valence electrons. The maximum absolute atomic E-state index is 14.1. The second-order valence-corrected chi connectivity index (χ2v) is 18.1. The van der Waals surface area contributed by atoms with Crippen molar-refractivity contribution in [2.24, 2.45) is 0 Å². The highest BCUT2D eigenvalue weighted by Gasteiger charge is 2.48. The molecule has 0 saturated carbocycles. The van der Waals surface area contributed by atoms with Crippen molar-refractivity contribution in [2.75, 3.05) is 33.9 Å². The molecule has 4 amide bonds. The highest BCUT2D eigenvalue weighted by Crippen LogP contribution is 2.40. The Morgan fingerprint density at radius 3 is 1.50 bits per heavy atom. The van der Waals surface area contributed by atoms with E-state index in [1.165, 1.54) is 34.5 Å². The molecule has 72 heavy (non-hydrogen) atoms. The number of amides is 4. The van der Waals surface area contributed by atoms with E-state index >= 15 is 0 Å². The quantitative estimate of drug-likeness (QED) is 0.0863. The fourth-order valence-corrected chi connectivity index (χ4v) is 9.03. The first kappa shape index (κ1) is 52.6. The number of carbonyl (C=O) groups excluding carboxylic acids is 4. The molecule has 4 aliphatic rings. The molecule has 8 rings (SSSR count). The number of hydrogen-bond donors (Lipinski definition) is 3. The number of pyridine rings is 2. The molecule has 0 aliphatic carbocycles. The fourth-order valence-electron chi connectivity index (χ4n) is 9.03. The Labute approximate surface area is 408 Å². The molecule has 2 aromatic carbocycles. The van der Waals surface area contributed by atoms with Gasteiger partial charge in [0.15, 0.2) is 22.9 Å². The number of fused-ring (bicyclic) bond motifs is 8. The van der Waals surface area contributed by atoms with Crippen LogP contribution in [0.3, 0.4) is 0 Å². The average Bonchev–Trinajstić information content (AvgIpc) is 3.52. The van der Waals surface area contributed by atoms with E-state index in [4.69, 9.17) is 14.2 Å². The lowest BCUT2D eigenvalue weighted by Gasteiger charge is -2.42. The Balaban J connectivity index is 0.000000213. The largest absolute Gasteiger partial charge is 0.503 e. The minimum absolute atomic E-state index is 0.00773. The first-order chi connectivity index (χ1) is 34.0. The van der Waals surface area contributed by atoms with Crippen molar-refractivity contribution in [1.29, 1.82) is 0 Å². The van der Waals surface area contributed by atoms with Gasteiger partial charge in [-0.3, -0.25) is 28.8 Å². The number of nitrogens with zero attached hydrogens (tertiary/aromatic N) is 4. The minimum Gasteiger partial charge on any atom is -0.503 e. The molecular formula is C50H52F6N6O10. The molecule has 22 heteroatoms. The van der Waals surface area contributed by atoms with Crippen LogP contribution >= 0.6 is 0 Å². The van der Waals surface area contributed by atoms with Crippen LogP contribution in [0.1, 0.15) is 112 Å². The SMILES string of the molecule is CCCCOc1c2n(cc(C(=O)NCc3c(F)cc(F)cc3F)c1=O)[C@@H]1CN(C2=O)[C@@H](C)C=C[C@]1(C)OC.CO[C@@]1(C)C=C[C@H](C)N2C[C@H]1n1cc(C(=O)NCc3c(F)cc(F)cc3F)c(=O)c(O)c1C2=O. The Hall–Kier alpha value is -7.20. The Bertz CT molecular complexity index is 3010. The van der Waals surface area contributed by atoms with Crippen molar-refractivity contribution in [3.05, 3.63) is 150 Å². The minimum atomic E-state index is -1.20. The topological polar surface area (TPSA) is 191 Å². The number of hydrogen-bond acceptors (Lipinski definition) is 10. The standard InChI is InChI=1S/C27H30F3N3O5.C23H22F3N3O5/c1-5-6-9-38-24-22-26(36)32-14-21(27(3,37-4)8-7-15(32)2)33(22)13-18(23(24)34)25(35)31-12-17-19(29)10-16(28)11-20(17)30;1-11-4-5-23(2,34-3)17-10-28(11)22(33)18-20(31)19(30)14(9-29(17)18)21(32)27-8-13-15(25)6-12(24)7-16(13)26/h7-8,10-11,13,15,21H,5-6,9,12,14H2,1-4H3,(H,31,35);4-7,9,11,17,31H,8,10H2,1-3H3,(H,27,32)/t15-,21+,27-;11-,17+,23-/m00/s1. The molecular weight excluding hydrogens is 959 g/mol. The van der Waals surface area contributed by atoms with E-state index in [0.29, 0.717) is 30.7 Å². The van der Waals surface area contributed by atoms with Gasteiger partial charge in [-0.2, -0.15) is 0 Å². The lowest BCUT2D eigenvalue weighted by Crippen LogP contribution is -2.52. The Kier molecular flexibility index (Phi) is 15.0. The number of benzene rings is 2. The summed E-state index contributed by atoms with van der Waals surface area (Å²) in [6.45, 7) is 8.43. The summed E-state index contributed by atoms with van der Waals surface area (Å²) in [6.07, 6.45) is 11.0. The van der Waals surface area contributed by atoms with Crippen LogP contribution in [-0.2, 0) is 22.6 Å². The van der Waals surface area contributed by atoms with Gasteiger partial charge >= 0.3 is 0 Å². The lowest BCUT2D eigenvalue weighted by molar-refractivity contribution is -0.0131. The van der Waals surface area contributed by atoms with Gasteiger partial charge in [-0.05, 0) is 34.1 Å². The molecule has 4 bridgehead atoms. The van der Waals surface area contributed by atoms with Crippen LogP contribution in [-0.4, -0.2) is 105 Å². The Morgan fingerprint density at radius 1 is 0.681 bits per heavy atom. The third kappa shape index (κ3) is 9.63. The predicted molar refractivity (Wildman–Crippen MR) is 247 cm³/mol. The maximum Gasteiger partial charge on any atom is 0.275 e. The predicted octanol–water partition coefficient (Wildman–Crippen LogP) is 6.00. The van der Waals surface area contributed by atoms with Gasteiger partial charge in [-0.25, -0.2) is 26.3 Å². The molecule has 0 spiro atoms. The van der Waals surface area contributed by atoms with Crippen LogP contribution in [0.4, 0.5) is 26.3 Å². The highest BCUT2D eigenvalue weighted by molar-refractivity contribution is 6.00. The molecule has 0 fully saturated rings. The number of unbranched alkanes of at least 4 members (excludes halogenated alkanes) is 1. The average molecular weight is 1010 g/mol. The second-order valence-electron chi connectivity index (χ2n) is 18.1. The summed E-state index contributed by atoms with van der Waals surface area (Å²) in [5, 5.41) is 15.2. The van der Waals surface area contributed by atoms with E-state index in [0.717, 1.165) is 12.6 Å². The molecule has 0 radical (unpaired) electrons. The summed E-state index contributed by atoms with van der Waals surface area (Å²) in [6, 6.07) is 0.201. The first-order valence-electron chi connectivity index (χ1n) is 22.8. The highest BCUT2D eigenvalue weighted by atomic mass is 19.2. The van der Waals surface area contributed by atoms with E-state index in [9.17, 15) is 60.2 Å². The van der Waals surface area contributed by atoms with Crippen LogP contribution in [0.2, 0.25) is 0 Å². The summed E-state index contributed by atoms with van der Waals surface area (Å²) >= 11 is 0. The summed E-state index contributed by atoms with van der Waals surface area (Å²) in [4.78, 5) is 82.0. The van der Waals surface area contributed by atoms with Gasteiger partial charge in [0.05, 0.1) is 18.7 Å². The van der Waals surface area contributed by atoms with Gasteiger partial charge in [0.1, 0.15) is 57.2 Å². The van der Waals surface area contributed by atoms with Crippen LogP contribution in [0, 0.1) is 34.9 Å². The number of nitrogens with one attached hydrogen (secondary N) is 2. The smallest absolute Gasteiger partial charge is 0.275 e. The maximum atomic E-state index is 14.1. The van der Waals surface area contributed by atoms with Gasteiger partial charge in [0.2, 0.25) is 10.9 Å². The van der Waals surface area contributed by atoms with Crippen molar-refractivity contribution >= 4 is 23.6 Å². The second kappa shape index (κ2) is 20.5. The monoisotopic (exact) mass is 1010 g/mol. The van der Waals surface area contributed by atoms with Gasteiger partial charge in [-0.15, -0.1) is 0 Å². The number of halogens is 6. The van der Waals surface area contributed by atoms with Crippen LogP contribution in [0.5, 0.6) is 11.5 Å². The van der Waals surface area contributed by atoms with Crippen LogP contribution < -0.4 is 26.2 Å². The summed E-state index contributed by atoms with van der Waals surface area (Å²) in [5.74, 6) is -11.1. The fraction of sp³-hybridized carbons (Fsp3) is 0.400. The third-order valence-corrected chi connectivity index (χ3v) is 13.6. The van der Waals surface area contributed by atoms with Crippen LogP contribution in [0.15, 0.2) is 70.6 Å². The number of aromatic hydroxyl groups is 1. The summed E-state index contributed by atoms with van der Waals surface area (Å²) in [5.41, 5.74) is -6.13. The third-order valence-electron chi connectivity index (χ3n) is 13.6. The number of ether oxygens (including phenoxy) is 3. The number of aromatic nitrogens is 2. The van der Waals surface area contributed by atoms with Gasteiger partial charge < -0.3 is 48.9 Å². The molecule has 16 nitrogen and oxygen atoms in total. The number of rotatable bonds is 12. The molecule has 4 aliphatic heterocycles. The summed E-state index contributed by atoms with van der Waals surface area (Å²) in [7, 11) is 3.00. The van der Waals surface area contributed by atoms with Gasteiger partial charge in [0.25, 0.3) is 23.6 Å². The number of carbonyl (C=O) groups is 4. The van der Waals surface area contributed by atoms with E-state index in [-0.39, 0.29) is 54.5 Å². The molecule has 0 unspecified atom stereocenters. The van der Waals surface area contributed by atoms with Gasteiger partial charge in [-0.1, -0.05) is 37.6 Å². The zero-order valence-corrected chi connectivity index (χ0v) is 40.2. The summed E-state index contributed by atoms with van der Waals surface area (Å²) < 4.78 is 103. The van der Waals surface area contributed by atoms with Crippen molar-refractivity contribution < 1.29 is 64.8 Å². The van der Waals surface area contributed by atoms with Gasteiger partial charge in [0, 0.05) is 100 Å². The molecule has 3 N–H and O–H groups in total. The van der Waals surface area contributed by atoms with Crippen molar-refractivity contribution in [3.63, 3.8) is 0 Å². The first-order valence-corrected chi connectivity index (χ1v) is 22.8. The van der Waals surface area contributed by atoms with Crippen molar-refractivity contribution in [2.45, 2.75) is 95.9 Å². The lowest BCUT2D eigenvalue weighted by atomic mass is 9.93. The van der Waals surface area contributed by atoms with E-state index in [1.54, 1.807) is 30.9 Å². The van der Waals surface area contributed by atoms with Crippen molar-refractivity contribution in [1.82, 2.24) is 29.6 Å².